The Morgan fingerprint density at radius 2 is 2.00 bits per heavy atom. The van der Waals surface area contributed by atoms with Gasteiger partial charge in [-0.25, -0.2) is 0 Å². The van der Waals surface area contributed by atoms with Gasteiger partial charge in [0, 0.05) is 6.42 Å². The monoisotopic (exact) mass is 319 g/mol. The molecule has 2 aliphatic rings. The van der Waals surface area contributed by atoms with Crippen LogP contribution in [0.3, 0.4) is 0 Å². The van der Waals surface area contributed by atoms with Crippen molar-refractivity contribution in [1.82, 2.24) is 4.90 Å². The number of nitrogens with zero attached hydrogens (tertiary/aromatic N) is 1. The van der Waals surface area contributed by atoms with Gasteiger partial charge in [0.05, 0.1) is 19.8 Å². The minimum Gasteiger partial charge on any atom is -0.496 e. The van der Waals surface area contributed by atoms with Gasteiger partial charge in [0.15, 0.2) is 5.79 Å². The van der Waals surface area contributed by atoms with Crippen LogP contribution in [0.4, 0.5) is 0 Å². The van der Waals surface area contributed by atoms with Crippen molar-refractivity contribution in [1.29, 1.82) is 0 Å². The Bertz CT molecular complexity index is 535. The lowest BCUT2D eigenvalue weighted by Gasteiger charge is -2.29. The van der Waals surface area contributed by atoms with E-state index in [4.69, 9.17) is 14.2 Å². The van der Waals surface area contributed by atoms with E-state index in [1.165, 1.54) is 37.1 Å². The van der Waals surface area contributed by atoms with Crippen LogP contribution in [0.1, 0.15) is 43.7 Å². The number of ether oxygens (including phenoxy) is 3. The zero-order valence-corrected chi connectivity index (χ0v) is 14.8. The summed E-state index contributed by atoms with van der Waals surface area (Å²) in [6.45, 7) is 6.95. The highest BCUT2D eigenvalue weighted by Crippen LogP contribution is 2.33. The van der Waals surface area contributed by atoms with E-state index in [0.717, 1.165) is 12.2 Å². The fraction of sp³-hybridized carbons (Fsp3) is 0.684. The Kier molecular flexibility index (Phi) is 4.95. The molecule has 0 amide bonds. The molecule has 2 fully saturated rings. The Morgan fingerprint density at radius 3 is 2.61 bits per heavy atom. The zero-order valence-electron chi connectivity index (χ0n) is 14.8. The molecule has 1 aromatic rings. The third kappa shape index (κ3) is 4.06. The molecule has 1 aromatic carbocycles. The van der Waals surface area contributed by atoms with Gasteiger partial charge in [0.2, 0.25) is 0 Å². The molecule has 2 aliphatic heterocycles. The molecule has 4 nitrogen and oxygen atoms in total. The largest absolute Gasteiger partial charge is 0.496 e. The average molecular weight is 319 g/mol. The Balaban J connectivity index is 1.74. The standard InChI is InChI=1S/C19H29NO3/c1-19(2)22-13-17(23-19)12-16-11-15(5-6-18(16)21-4)14-7-9-20(3)10-8-14/h5-6,11,14,17H,7-10,12-13H2,1-4H3. The van der Waals surface area contributed by atoms with Gasteiger partial charge in [-0.3, -0.25) is 0 Å². The van der Waals surface area contributed by atoms with Gasteiger partial charge in [-0.05, 0) is 69.9 Å². The van der Waals surface area contributed by atoms with Gasteiger partial charge in [-0.2, -0.15) is 0 Å². The molecule has 128 valence electrons. The van der Waals surface area contributed by atoms with E-state index in [9.17, 15) is 0 Å². The van der Waals surface area contributed by atoms with Crippen molar-refractivity contribution in [3.8, 4) is 5.75 Å². The van der Waals surface area contributed by atoms with Crippen molar-refractivity contribution in [2.45, 2.75) is 50.9 Å². The van der Waals surface area contributed by atoms with Gasteiger partial charge >= 0.3 is 0 Å². The predicted octanol–water partition coefficient (Wildman–Crippen LogP) is 3.20. The molecular weight excluding hydrogens is 290 g/mol. The van der Waals surface area contributed by atoms with Gasteiger partial charge in [0.1, 0.15) is 5.75 Å². The second-order valence-electron chi connectivity index (χ2n) is 7.30. The minimum absolute atomic E-state index is 0.103. The number of likely N-dealkylation sites (tertiary alicyclic amines) is 1. The Labute approximate surface area is 139 Å². The second-order valence-corrected chi connectivity index (χ2v) is 7.30. The highest BCUT2D eigenvalue weighted by molar-refractivity contribution is 5.39. The van der Waals surface area contributed by atoms with Crippen LogP contribution in [0.5, 0.6) is 5.75 Å². The van der Waals surface area contributed by atoms with Crippen molar-refractivity contribution >= 4 is 0 Å². The highest BCUT2D eigenvalue weighted by Gasteiger charge is 2.33. The van der Waals surface area contributed by atoms with Crippen molar-refractivity contribution in [3.63, 3.8) is 0 Å². The summed E-state index contributed by atoms with van der Waals surface area (Å²) in [5, 5.41) is 0. The van der Waals surface area contributed by atoms with E-state index in [2.05, 4.69) is 30.1 Å². The fourth-order valence-corrected chi connectivity index (χ4v) is 3.66. The molecule has 0 spiro atoms. The van der Waals surface area contributed by atoms with Gasteiger partial charge in [-0.15, -0.1) is 0 Å². The number of piperidine rings is 1. The molecule has 0 aliphatic carbocycles. The lowest BCUT2D eigenvalue weighted by molar-refractivity contribution is -0.138. The fourth-order valence-electron chi connectivity index (χ4n) is 3.66. The van der Waals surface area contributed by atoms with Crippen molar-refractivity contribution in [2.24, 2.45) is 0 Å². The molecule has 1 atom stereocenters. The lowest BCUT2D eigenvalue weighted by atomic mass is 9.88. The third-order valence-electron chi connectivity index (χ3n) is 5.01. The summed E-state index contributed by atoms with van der Waals surface area (Å²) in [5.41, 5.74) is 2.67. The minimum atomic E-state index is -0.469. The van der Waals surface area contributed by atoms with Crippen LogP contribution in [0.2, 0.25) is 0 Å². The first-order valence-corrected chi connectivity index (χ1v) is 8.64. The molecule has 1 unspecified atom stereocenters. The molecule has 0 radical (unpaired) electrons. The molecule has 2 heterocycles. The summed E-state index contributed by atoms with van der Waals surface area (Å²) >= 11 is 0. The van der Waals surface area contributed by atoms with E-state index in [1.54, 1.807) is 7.11 Å². The highest BCUT2D eigenvalue weighted by atomic mass is 16.7. The first-order chi connectivity index (χ1) is 11.0. The number of benzene rings is 1. The number of methoxy groups -OCH3 is 1. The molecule has 23 heavy (non-hydrogen) atoms. The average Bonchev–Trinajstić information content (AvgIpc) is 2.87. The molecule has 0 saturated carbocycles. The maximum atomic E-state index is 5.97. The molecule has 0 N–H and O–H groups in total. The number of hydrogen-bond acceptors (Lipinski definition) is 4. The van der Waals surface area contributed by atoms with Gasteiger partial charge < -0.3 is 19.1 Å². The van der Waals surface area contributed by atoms with E-state index in [1.807, 2.05) is 13.8 Å². The molecule has 0 aromatic heterocycles. The summed E-state index contributed by atoms with van der Waals surface area (Å²) in [6, 6.07) is 6.67. The van der Waals surface area contributed by atoms with Crippen molar-refractivity contribution in [2.75, 3.05) is 33.9 Å². The molecule has 4 heteroatoms. The Hall–Kier alpha value is -1.10. The summed E-state index contributed by atoms with van der Waals surface area (Å²) in [7, 11) is 3.94. The van der Waals surface area contributed by atoms with Crippen molar-refractivity contribution < 1.29 is 14.2 Å². The van der Waals surface area contributed by atoms with Crippen LogP contribution in [0, 0.1) is 0 Å². The molecule has 3 rings (SSSR count). The summed E-state index contributed by atoms with van der Waals surface area (Å²) in [5.74, 6) is 1.15. The van der Waals surface area contributed by atoms with E-state index >= 15 is 0 Å². The van der Waals surface area contributed by atoms with E-state index in [-0.39, 0.29) is 6.10 Å². The summed E-state index contributed by atoms with van der Waals surface area (Å²) in [4.78, 5) is 2.41. The second kappa shape index (κ2) is 6.80. The van der Waals surface area contributed by atoms with Crippen molar-refractivity contribution in [3.05, 3.63) is 29.3 Å². The van der Waals surface area contributed by atoms with Crippen LogP contribution >= 0.6 is 0 Å². The maximum Gasteiger partial charge on any atom is 0.163 e. The predicted molar refractivity (Wildman–Crippen MR) is 91.1 cm³/mol. The number of hydrogen-bond donors (Lipinski definition) is 0. The molecule has 2 saturated heterocycles. The lowest BCUT2D eigenvalue weighted by Crippen LogP contribution is -2.29. The summed E-state index contributed by atoms with van der Waals surface area (Å²) in [6.07, 6.45) is 3.41. The van der Waals surface area contributed by atoms with E-state index < -0.39 is 5.79 Å². The SMILES string of the molecule is COc1ccc(C2CCN(C)CC2)cc1CC1COC(C)(C)O1. The van der Waals surface area contributed by atoms with Crippen LogP contribution < -0.4 is 4.74 Å². The number of rotatable bonds is 4. The van der Waals surface area contributed by atoms with Crippen LogP contribution in [-0.2, 0) is 15.9 Å². The third-order valence-corrected chi connectivity index (χ3v) is 5.01. The van der Waals surface area contributed by atoms with E-state index in [0.29, 0.717) is 12.5 Å². The quantitative estimate of drug-likeness (QED) is 0.853. The van der Waals surface area contributed by atoms with Gasteiger partial charge in [0.25, 0.3) is 0 Å². The topological polar surface area (TPSA) is 30.9 Å². The van der Waals surface area contributed by atoms with Crippen LogP contribution in [0.15, 0.2) is 18.2 Å². The maximum absolute atomic E-state index is 5.97. The first kappa shape index (κ1) is 16.7. The van der Waals surface area contributed by atoms with Crippen LogP contribution in [0.25, 0.3) is 0 Å². The zero-order chi connectivity index (χ0) is 16.4. The normalized spacial score (nSPS) is 25.7. The summed E-state index contributed by atoms with van der Waals surface area (Å²) < 4.78 is 17.2. The molecule has 0 bridgehead atoms. The smallest absolute Gasteiger partial charge is 0.163 e. The first-order valence-electron chi connectivity index (χ1n) is 8.64. The molecular formula is C19H29NO3. The Morgan fingerprint density at radius 1 is 1.26 bits per heavy atom. The van der Waals surface area contributed by atoms with Gasteiger partial charge in [-0.1, -0.05) is 12.1 Å². The van der Waals surface area contributed by atoms with Crippen LogP contribution in [-0.4, -0.2) is 50.6 Å².